The first-order valence-electron chi connectivity index (χ1n) is 10.1. The molecule has 2 aliphatic heterocycles. The lowest BCUT2D eigenvalue weighted by Gasteiger charge is -2.17. The van der Waals surface area contributed by atoms with Crippen LogP contribution in [0.15, 0.2) is 35.7 Å². The Morgan fingerprint density at radius 3 is 2.84 bits per heavy atom. The number of anilines is 1. The van der Waals surface area contributed by atoms with Crippen molar-refractivity contribution >= 4 is 28.7 Å². The first-order valence-corrected chi connectivity index (χ1v) is 11.1. The van der Waals surface area contributed by atoms with Crippen molar-refractivity contribution in [2.45, 2.75) is 41.9 Å². The number of aliphatic hydroxyl groups is 2. The second-order valence-electron chi connectivity index (χ2n) is 7.68. The van der Waals surface area contributed by atoms with Crippen molar-refractivity contribution < 1.29 is 28.5 Å². The minimum atomic E-state index is -1.24. The van der Waals surface area contributed by atoms with Gasteiger partial charge in [-0.1, -0.05) is 0 Å². The van der Waals surface area contributed by atoms with E-state index in [4.69, 9.17) is 9.47 Å². The molecule has 170 valence electrons. The molecular formula is C20H21F2N5O4S. The summed E-state index contributed by atoms with van der Waals surface area (Å²) in [5.74, 6) is -0.642. The molecular weight excluding hydrogens is 444 g/mol. The van der Waals surface area contributed by atoms with Crippen LogP contribution in [-0.2, 0) is 9.47 Å². The number of hydrogen-bond donors (Lipinski definition) is 3. The molecule has 2 aliphatic rings. The summed E-state index contributed by atoms with van der Waals surface area (Å²) in [4.78, 5) is 13.1. The zero-order valence-electron chi connectivity index (χ0n) is 16.8. The Kier molecular flexibility index (Phi) is 5.95. The fourth-order valence-electron chi connectivity index (χ4n) is 3.85. The number of nitrogens with one attached hydrogen (secondary N) is 1. The van der Waals surface area contributed by atoms with Gasteiger partial charge in [-0.15, -0.1) is 11.8 Å². The van der Waals surface area contributed by atoms with Crippen LogP contribution in [0.5, 0.6) is 0 Å². The lowest BCUT2D eigenvalue weighted by Crippen LogP contribution is -2.32. The molecule has 0 aliphatic carbocycles. The Hall–Kier alpha value is -2.38. The molecule has 3 N–H and O–H groups in total. The van der Waals surface area contributed by atoms with E-state index in [2.05, 4.69) is 20.3 Å². The second-order valence-corrected chi connectivity index (χ2v) is 8.75. The van der Waals surface area contributed by atoms with Crippen LogP contribution < -0.4 is 5.32 Å². The molecule has 3 aromatic rings. The number of imidazole rings is 1. The molecule has 0 radical (unpaired) electrons. The van der Waals surface area contributed by atoms with Gasteiger partial charge in [-0.2, -0.15) is 0 Å². The van der Waals surface area contributed by atoms with Gasteiger partial charge in [0, 0.05) is 23.3 Å². The fourth-order valence-corrected chi connectivity index (χ4v) is 4.83. The zero-order valence-corrected chi connectivity index (χ0v) is 17.6. The quantitative estimate of drug-likeness (QED) is 0.468. The Balaban J connectivity index is 1.33. The highest BCUT2D eigenvalue weighted by Gasteiger charge is 2.44. The Labute approximate surface area is 185 Å². The first kappa shape index (κ1) is 21.5. The van der Waals surface area contributed by atoms with Crippen LogP contribution in [0.25, 0.3) is 11.2 Å². The second kappa shape index (κ2) is 8.87. The first-order chi connectivity index (χ1) is 15.5. The van der Waals surface area contributed by atoms with E-state index in [0.717, 1.165) is 30.3 Å². The minimum absolute atomic E-state index is 0.127. The summed E-state index contributed by atoms with van der Waals surface area (Å²) in [6.45, 7) is 1.26. The number of hydrogen-bond acceptors (Lipinski definition) is 9. The topological polar surface area (TPSA) is 115 Å². The molecule has 0 saturated carbocycles. The Morgan fingerprint density at radius 2 is 2.06 bits per heavy atom. The maximum absolute atomic E-state index is 13.9. The molecule has 2 saturated heterocycles. The lowest BCUT2D eigenvalue weighted by atomic mass is 10.1. The third-order valence-electron chi connectivity index (χ3n) is 5.54. The molecule has 12 heteroatoms. The molecule has 0 unspecified atom stereocenters. The van der Waals surface area contributed by atoms with E-state index in [9.17, 15) is 19.0 Å². The Bertz CT molecular complexity index is 1110. The van der Waals surface area contributed by atoms with Crippen LogP contribution in [-0.4, -0.2) is 73.1 Å². The number of rotatable bonds is 6. The number of nitrogens with zero attached hydrogens (tertiary/aromatic N) is 4. The van der Waals surface area contributed by atoms with E-state index in [0.29, 0.717) is 30.2 Å². The fraction of sp³-hybridized carbons (Fsp3) is 0.450. The van der Waals surface area contributed by atoms with Crippen molar-refractivity contribution in [3.63, 3.8) is 0 Å². The van der Waals surface area contributed by atoms with Gasteiger partial charge in [-0.25, -0.2) is 23.7 Å². The molecule has 9 nitrogen and oxygen atoms in total. The van der Waals surface area contributed by atoms with Crippen molar-refractivity contribution in [1.29, 1.82) is 0 Å². The summed E-state index contributed by atoms with van der Waals surface area (Å²) < 4.78 is 39.8. The van der Waals surface area contributed by atoms with E-state index in [1.54, 1.807) is 4.57 Å². The third-order valence-corrected chi connectivity index (χ3v) is 6.67. The molecule has 32 heavy (non-hydrogen) atoms. The van der Waals surface area contributed by atoms with Gasteiger partial charge >= 0.3 is 0 Å². The number of aliphatic hydroxyl groups excluding tert-OH is 2. The van der Waals surface area contributed by atoms with Gasteiger partial charge in [-0.3, -0.25) is 4.57 Å². The van der Waals surface area contributed by atoms with E-state index in [1.165, 1.54) is 18.7 Å². The van der Waals surface area contributed by atoms with Gasteiger partial charge in [0.2, 0.25) is 0 Å². The van der Waals surface area contributed by atoms with Crippen LogP contribution in [0, 0.1) is 11.6 Å². The summed E-state index contributed by atoms with van der Waals surface area (Å²) in [6.07, 6.45) is -0.439. The normalized spacial score (nSPS) is 27.9. The maximum atomic E-state index is 13.9. The van der Waals surface area contributed by atoms with Gasteiger partial charge in [0.15, 0.2) is 23.2 Å². The molecule has 2 aromatic heterocycles. The molecule has 5 atom stereocenters. The summed E-state index contributed by atoms with van der Waals surface area (Å²) in [7, 11) is 0. The SMILES string of the molecule is O[C@@H]1[C@H](O)[C@H](n2cnc3c(N[C@@H]4CCOC4)ncnc32)O[C@@H]1CSc1ccc(F)cc1F. The standard InChI is InChI=1S/C20H21F2N5O4S/c21-10-1-2-14(12(22)5-10)32-7-13-16(28)17(29)20(31-13)27-9-25-15-18(23-8-24-19(15)27)26-11-3-4-30-6-11/h1-2,5,8-9,11,13,16-17,20,28-29H,3-4,6-7H2,(H,23,24,26)/t11-,13-,16+,17+,20-/m1/s1. The molecule has 0 amide bonds. The highest BCUT2D eigenvalue weighted by atomic mass is 32.2. The maximum Gasteiger partial charge on any atom is 0.167 e. The van der Waals surface area contributed by atoms with E-state index in [1.807, 2.05) is 0 Å². The molecule has 1 aromatic carbocycles. The lowest BCUT2D eigenvalue weighted by molar-refractivity contribution is -0.0289. The molecule has 5 rings (SSSR count). The number of halogens is 2. The average molecular weight is 465 g/mol. The van der Waals surface area contributed by atoms with Crippen molar-refractivity contribution in [3.05, 3.63) is 42.5 Å². The predicted molar refractivity (Wildman–Crippen MR) is 111 cm³/mol. The van der Waals surface area contributed by atoms with Gasteiger partial charge < -0.3 is 25.0 Å². The van der Waals surface area contributed by atoms with Crippen LogP contribution in [0.2, 0.25) is 0 Å². The molecule has 0 spiro atoms. The number of benzene rings is 1. The summed E-state index contributed by atoms with van der Waals surface area (Å²) in [5, 5.41) is 24.4. The number of ether oxygens (including phenoxy) is 2. The van der Waals surface area contributed by atoms with Gasteiger partial charge in [0.25, 0.3) is 0 Å². The smallest absolute Gasteiger partial charge is 0.167 e. The highest BCUT2D eigenvalue weighted by molar-refractivity contribution is 7.99. The van der Waals surface area contributed by atoms with Gasteiger partial charge in [0.05, 0.1) is 25.1 Å². The molecule has 0 bridgehead atoms. The van der Waals surface area contributed by atoms with Crippen LogP contribution >= 0.6 is 11.8 Å². The van der Waals surface area contributed by atoms with Gasteiger partial charge in [0.1, 0.15) is 30.2 Å². The van der Waals surface area contributed by atoms with E-state index >= 15 is 0 Å². The van der Waals surface area contributed by atoms with Crippen LogP contribution in [0.1, 0.15) is 12.6 Å². The molecule has 4 heterocycles. The van der Waals surface area contributed by atoms with Crippen molar-refractivity contribution in [3.8, 4) is 0 Å². The van der Waals surface area contributed by atoms with Crippen molar-refractivity contribution in [2.75, 3.05) is 24.3 Å². The summed E-state index contributed by atoms with van der Waals surface area (Å²) in [5.41, 5.74) is 0.950. The summed E-state index contributed by atoms with van der Waals surface area (Å²) in [6, 6.07) is 3.42. The summed E-state index contributed by atoms with van der Waals surface area (Å²) >= 11 is 1.07. The zero-order chi connectivity index (χ0) is 22.2. The highest BCUT2D eigenvalue weighted by Crippen LogP contribution is 2.35. The minimum Gasteiger partial charge on any atom is -0.387 e. The Morgan fingerprint density at radius 1 is 1.19 bits per heavy atom. The van der Waals surface area contributed by atoms with E-state index < -0.39 is 36.2 Å². The number of thioether (sulfide) groups is 1. The average Bonchev–Trinajstić information content (AvgIpc) is 3.50. The third kappa shape index (κ3) is 4.04. The van der Waals surface area contributed by atoms with Crippen molar-refractivity contribution in [2.24, 2.45) is 0 Å². The largest absolute Gasteiger partial charge is 0.387 e. The van der Waals surface area contributed by atoms with Crippen molar-refractivity contribution in [1.82, 2.24) is 19.5 Å². The van der Waals surface area contributed by atoms with E-state index in [-0.39, 0.29) is 16.7 Å². The van der Waals surface area contributed by atoms with Gasteiger partial charge in [-0.05, 0) is 18.6 Å². The number of fused-ring (bicyclic) bond motifs is 1. The predicted octanol–water partition coefficient (Wildman–Crippen LogP) is 1.72. The number of aromatic nitrogens is 4. The van der Waals surface area contributed by atoms with Crippen LogP contribution in [0.3, 0.4) is 0 Å². The molecule has 2 fully saturated rings. The van der Waals surface area contributed by atoms with Crippen LogP contribution in [0.4, 0.5) is 14.6 Å². The monoisotopic (exact) mass is 465 g/mol.